The molecule has 3 aromatic carbocycles. The van der Waals surface area contributed by atoms with Crippen LogP contribution < -0.4 is 9.46 Å². The molecular weight excluding hydrogens is 467 g/mol. The highest BCUT2D eigenvalue weighted by Gasteiger charge is 2.29. The number of sulfonamides is 1. The second kappa shape index (κ2) is 9.03. The molecule has 1 N–H and O–H groups in total. The maximum absolute atomic E-state index is 13.9. The van der Waals surface area contributed by atoms with E-state index in [2.05, 4.69) is 4.72 Å². The van der Waals surface area contributed by atoms with E-state index in [1.54, 1.807) is 43.0 Å². The third-order valence-electron chi connectivity index (χ3n) is 5.41. The largest absolute Gasteiger partial charge is 0.481 e. The summed E-state index contributed by atoms with van der Waals surface area (Å²) >= 11 is 6.27. The van der Waals surface area contributed by atoms with Crippen molar-refractivity contribution in [1.82, 2.24) is 4.90 Å². The van der Waals surface area contributed by atoms with Gasteiger partial charge in [-0.1, -0.05) is 35.9 Å². The number of nitrogens with one attached hydrogen (secondary N) is 1. The molecule has 3 aromatic rings. The molecule has 0 aromatic heterocycles. The molecule has 0 radical (unpaired) electrons. The number of carbonyl (C=O) groups is 1. The third-order valence-corrected chi connectivity index (χ3v) is 7.16. The van der Waals surface area contributed by atoms with Gasteiger partial charge in [0.2, 0.25) is 0 Å². The van der Waals surface area contributed by atoms with Gasteiger partial charge in [-0.05, 0) is 61.4 Å². The van der Waals surface area contributed by atoms with Crippen LogP contribution in [0.4, 0.5) is 10.1 Å². The number of hydrogen-bond acceptors (Lipinski definition) is 4. The molecule has 0 aliphatic carbocycles. The van der Waals surface area contributed by atoms with Gasteiger partial charge >= 0.3 is 0 Å². The molecule has 1 atom stereocenters. The van der Waals surface area contributed by atoms with E-state index in [-0.39, 0.29) is 29.6 Å². The standard InChI is InChI=1S/C24H22ClFN2O4S/c1-15-7-9-20(12-22(15)26)33(30,31)27-19-8-10-23-18(11-19)14-28(24(29)16(2)32-23)13-17-5-3-4-6-21(17)25/h3-12,16,27H,13-14H2,1-2H3. The Morgan fingerprint density at radius 2 is 1.91 bits per heavy atom. The van der Waals surface area contributed by atoms with Gasteiger partial charge in [-0.25, -0.2) is 12.8 Å². The average molecular weight is 489 g/mol. The van der Waals surface area contributed by atoms with E-state index in [4.69, 9.17) is 16.3 Å². The molecule has 0 spiro atoms. The Morgan fingerprint density at radius 1 is 1.15 bits per heavy atom. The summed E-state index contributed by atoms with van der Waals surface area (Å²) in [4.78, 5) is 14.3. The van der Waals surface area contributed by atoms with E-state index in [0.717, 1.165) is 11.6 Å². The number of fused-ring (bicyclic) bond motifs is 1. The van der Waals surface area contributed by atoms with E-state index < -0.39 is 21.9 Å². The van der Waals surface area contributed by atoms with Crippen LogP contribution in [-0.4, -0.2) is 25.3 Å². The third kappa shape index (κ3) is 4.96. The summed E-state index contributed by atoms with van der Waals surface area (Å²) in [5.74, 6) is -0.318. The van der Waals surface area contributed by atoms with Crippen molar-refractivity contribution in [2.24, 2.45) is 0 Å². The lowest BCUT2D eigenvalue weighted by molar-refractivity contribution is -0.138. The van der Waals surface area contributed by atoms with E-state index >= 15 is 0 Å². The first-order chi connectivity index (χ1) is 15.6. The molecule has 0 fully saturated rings. The molecule has 33 heavy (non-hydrogen) atoms. The number of benzene rings is 3. The van der Waals surface area contributed by atoms with Crippen LogP contribution in [0.5, 0.6) is 5.75 Å². The maximum atomic E-state index is 13.9. The van der Waals surface area contributed by atoms with E-state index in [1.807, 2.05) is 18.2 Å². The zero-order valence-corrected chi connectivity index (χ0v) is 19.6. The molecule has 0 saturated carbocycles. The van der Waals surface area contributed by atoms with Crippen molar-refractivity contribution in [2.45, 2.75) is 37.9 Å². The topological polar surface area (TPSA) is 75.7 Å². The van der Waals surface area contributed by atoms with Crippen molar-refractivity contribution in [3.63, 3.8) is 0 Å². The van der Waals surface area contributed by atoms with Crippen LogP contribution in [0.3, 0.4) is 0 Å². The first kappa shape index (κ1) is 23.1. The lowest BCUT2D eigenvalue weighted by Crippen LogP contribution is -2.37. The molecule has 0 bridgehead atoms. The fourth-order valence-corrected chi connectivity index (χ4v) is 4.84. The van der Waals surface area contributed by atoms with Crippen molar-refractivity contribution >= 4 is 33.2 Å². The quantitative estimate of drug-likeness (QED) is 0.554. The van der Waals surface area contributed by atoms with Crippen LogP contribution >= 0.6 is 11.6 Å². The summed E-state index contributed by atoms with van der Waals surface area (Å²) in [7, 11) is -4.01. The first-order valence-corrected chi connectivity index (χ1v) is 12.1. The zero-order valence-electron chi connectivity index (χ0n) is 18.0. The Hall–Kier alpha value is -3.10. The molecule has 0 saturated heterocycles. The van der Waals surface area contributed by atoms with E-state index in [0.29, 0.717) is 21.9 Å². The number of ether oxygens (including phenoxy) is 1. The van der Waals surface area contributed by atoms with Crippen LogP contribution in [0, 0.1) is 12.7 Å². The Morgan fingerprint density at radius 3 is 2.64 bits per heavy atom. The number of aryl methyl sites for hydroxylation is 1. The van der Waals surface area contributed by atoms with E-state index in [9.17, 15) is 17.6 Å². The number of anilines is 1. The number of nitrogens with zero attached hydrogens (tertiary/aromatic N) is 1. The van der Waals surface area contributed by atoms with Gasteiger partial charge in [0.05, 0.1) is 4.90 Å². The monoisotopic (exact) mass is 488 g/mol. The van der Waals surface area contributed by atoms with Crippen LogP contribution in [-0.2, 0) is 27.9 Å². The fraction of sp³-hybridized carbons (Fsp3) is 0.208. The molecule has 6 nitrogen and oxygen atoms in total. The SMILES string of the molecule is Cc1ccc(S(=O)(=O)Nc2ccc3c(c2)CN(Cc2ccccc2Cl)C(=O)C(C)O3)cc1F. The van der Waals surface area contributed by atoms with Crippen molar-refractivity contribution < 1.29 is 22.3 Å². The summed E-state index contributed by atoms with van der Waals surface area (Å²) in [5, 5.41) is 0.551. The van der Waals surface area contributed by atoms with Crippen molar-refractivity contribution in [2.75, 3.05) is 4.72 Å². The normalized spacial score (nSPS) is 16.1. The molecular formula is C24H22ClFN2O4S. The van der Waals surface area contributed by atoms with Gasteiger partial charge in [0.25, 0.3) is 15.9 Å². The number of hydrogen-bond donors (Lipinski definition) is 1. The van der Waals surface area contributed by atoms with Gasteiger partial charge < -0.3 is 9.64 Å². The highest BCUT2D eigenvalue weighted by molar-refractivity contribution is 7.92. The number of halogens is 2. The van der Waals surface area contributed by atoms with Crippen LogP contribution in [0.1, 0.15) is 23.6 Å². The molecule has 1 amide bonds. The minimum absolute atomic E-state index is 0.180. The fourth-order valence-electron chi connectivity index (χ4n) is 3.58. The molecule has 1 unspecified atom stereocenters. The van der Waals surface area contributed by atoms with Gasteiger partial charge in [-0.2, -0.15) is 0 Å². The van der Waals surface area contributed by atoms with Gasteiger partial charge in [0.15, 0.2) is 6.10 Å². The Bertz CT molecular complexity index is 1330. The second-order valence-corrected chi connectivity index (χ2v) is 9.97. The van der Waals surface area contributed by atoms with Gasteiger partial charge in [-0.3, -0.25) is 9.52 Å². The molecule has 1 aliphatic heterocycles. The smallest absolute Gasteiger partial charge is 0.263 e. The highest BCUT2D eigenvalue weighted by Crippen LogP contribution is 2.31. The van der Waals surface area contributed by atoms with Gasteiger partial charge in [-0.15, -0.1) is 0 Å². The number of amides is 1. The Labute approximate surface area is 197 Å². The first-order valence-electron chi connectivity index (χ1n) is 10.2. The number of rotatable bonds is 5. The molecule has 1 aliphatic rings. The summed E-state index contributed by atoms with van der Waals surface area (Å²) in [6, 6.07) is 15.8. The van der Waals surface area contributed by atoms with Crippen molar-refractivity contribution in [3.8, 4) is 5.75 Å². The second-order valence-electron chi connectivity index (χ2n) is 7.88. The molecule has 4 rings (SSSR count). The van der Waals surface area contributed by atoms with Crippen molar-refractivity contribution in [3.05, 3.63) is 88.2 Å². The molecule has 1 heterocycles. The van der Waals surface area contributed by atoms with E-state index in [1.165, 1.54) is 12.1 Å². The summed E-state index contributed by atoms with van der Waals surface area (Å²) in [5.41, 5.74) is 2.06. The van der Waals surface area contributed by atoms with Gasteiger partial charge in [0.1, 0.15) is 11.6 Å². The van der Waals surface area contributed by atoms with Gasteiger partial charge in [0, 0.05) is 29.4 Å². The lowest BCUT2D eigenvalue weighted by Gasteiger charge is -2.22. The Balaban J connectivity index is 1.62. The predicted octanol–water partition coefficient (Wildman–Crippen LogP) is 4.90. The summed E-state index contributed by atoms with van der Waals surface area (Å²) in [6.07, 6.45) is -0.716. The maximum Gasteiger partial charge on any atom is 0.263 e. The highest BCUT2D eigenvalue weighted by atomic mass is 35.5. The Kier molecular flexibility index (Phi) is 6.32. The summed E-state index contributed by atoms with van der Waals surface area (Å²) < 4.78 is 47.7. The summed E-state index contributed by atoms with van der Waals surface area (Å²) in [6.45, 7) is 3.71. The zero-order chi connectivity index (χ0) is 23.8. The van der Waals surface area contributed by atoms with Crippen LogP contribution in [0.15, 0.2) is 65.6 Å². The van der Waals surface area contributed by atoms with Crippen LogP contribution in [0.25, 0.3) is 0 Å². The number of carbonyl (C=O) groups excluding carboxylic acids is 1. The lowest BCUT2D eigenvalue weighted by atomic mass is 10.1. The molecule has 9 heteroatoms. The average Bonchev–Trinajstić information content (AvgIpc) is 2.88. The predicted molar refractivity (Wildman–Crippen MR) is 124 cm³/mol. The van der Waals surface area contributed by atoms with Crippen molar-refractivity contribution in [1.29, 1.82) is 0 Å². The minimum atomic E-state index is -4.01. The molecule has 172 valence electrons. The minimum Gasteiger partial charge on any atom is -0.481 e. The van der Waals surface area contributed by atoms with Crippen LogP contribution in [0.2, 0.25) is 5.02 Å².